The third-order valence-corrected chi connectivity index (χ3v) is 2.83. The van der Waals surface area contributed by atoms with Crippen molar-refractivity contribution < 1.29 is 9.13 Å². The van der Waals surface area contributed by atoms with Gasteiger partial charge in [0.2, 0.25) is 0 Å². The first-order valence-electron chi connectivity index (χ1n) is 4.25. The first-order valence-corrected chi connectivity index (χ1v) is 5.13. The zero-order chi connectivity index (χ0) is 10.8. The second-order valence-corrected chi connectivity index (χ2v) is 3.78. The number of hydrogen-bond donors (Lipinski definition) is 1. The Labute approximate surface area is 90.3 Å². The lowest BCUT2D eigenvalue weighted by Crippen LogP contribution is -1.89. The molecule has 0 atom stereocenters. The van der Waals surface area contributed by atoms with Gasteiger partial charge in [0.25, 0.3) is 0 Å². The summed E-state index contributed by atoms with van der Waals surface area (Å²) >= 11 is 1.41. The van der Waals surface area contributed by atoms with E-state index in [1.807, 2.05) is 0 Å². The predicted octanol–water partition coefficient (Wildman–Crippen LogP) is 2.54. The van der Waals surface area contributed by atoms with Crippen molar-refractivity contribution in [2.75, 3.05) is 12.8 Å². The highest BCUT2D eigenvalue weighted by Crippen LogP contribution is 2.29. The van der Waals surface area contributed by atoms with E-state index in [0.717, 1.165) is 10.6 Å². The van der Waals surface area contributed by atoms with Gasteiger partial charge in [-0.1, -0.05) is 0 Å². The van der Waals surface area contributed by atoms with Crippen molar-refractivity contribution in [3.05, 3.63) is 29.4 Å². The molecule has 2 rings (SSSR count). The van der Waals surface area contributed by atoms with Crippen molar-refractivity contribution in [3.63, 3.8) is 0 Å². The zero-order valence-corrected chi connectivity index (χ0v) is 8.84. The van der Waals surface area contributed by atoms with Crippen molar-refractivity contribution in [2.45, 2.75) is 0 Å². The highest BCUT2D eigenvalue weighted by Gasteiger charge is 2.07. The molecule has 15 heavy (non-hydrogen) atoms. The molecular formula is C10H9FN2OS. The van der Waals surface area contributed by atoms with E-state index in [1.54, 1.807) is 17.5 Å². The summed E-state index contributed by atoms with van der Waals surface area (Å²) in [6.07, 6.45) is 0. The van der Waals surface area contributed by atoms with Crippen LogP contribution in [-0.2, 0) is 0 Å². The van der Waals surface area contributed by atoms with Gasteiger partial charge in [0.1, 0.15) is 10.8 Å². The quantitative estimate of drug-likeness (QED) is 0.852. The molecular weight excluding hydrogens is 215 g/mol. The molecule has 0 unspecified atom stereocenters. The third-order valence-electron chi connectivity index (χ3n) is 1.92. The first-order chi connectivity index (χ1) is 7.20. The molecule has 0 aliphatic heterocycles. The number of methoxy groups -OCH3 is 1. The Bertz CT molecular complexity index is 484. The van der Waals surface area contributed by atoms with Crippen molar-refractivity contribution in [3.8, 4) is 16.3 Å². The molecule has 2 aromatic rings. The maximum atomic E-state index is 13.1. The van der Waals surface area contributed by atoms with Crippen molar-refractivity contribution in [1.82, 2.24) is 4.98 Å². The number of benzene rings is 1. The van der Waals surface area contributed by atoms with E-state index in [2.05, 4.69) is 4.98 Å². The van der Waals surface area contributed by atoms with Gasteiger partial charge in [0.05, 0.1) is 7.11 Å². The number of thiazole rings is 1. The molecule has 78 valence electrons. The number of halogens is 1. The van der Waals surface area contributed by atoms with Gasteiger partial charge in [-0.15, -0.1) is 11.3 Å². The average Bonchev–Trinajstić information content (AvgIpc) is 2.66. The van der Waals surface area contributed by atoms with E-state index in [0.29, 0.717) is 5.82 Å². The Morgan fingerprint density at radius 3 is 2.87 bits per heavy atom. The van der Waals surface area contributed by atoms with Crippen LogP contribution >= 0.6 is 11.3 Å². The van der Waals surface area contributed by atoms with Gasteiger partial charge >= 0.3 is 0 Å². The molecule has 0 fully saturated rings. The Morgan fingerprint density at radius 2 is 2.27 bits per heavy atom. The van der Waals surface area contributed by atoms with E-state index >= 15 is 0 Å². The molecule has 0 amide bonds. The summed E-state index contributed by atoms with van der Waals surface area (Å²) in [6, 6.07) is 4.61. The van der Waals surface area contributed by atoms with Gasteiger partial charge in [0.15, 0.2) is 11.6 Å². The maximum absolute atomic E-state index is 13.1. The number of aromatic nitrogens is 1. The van der Waals surface area contributed by atoms with E-state index in [4.69, 9.17) is 10.5 Å². The fraction of sp³-hybridized carbons (Fsp3) is 0.100. The van der Waals surface area contributed by atoms with Crippen molar-refractivity contribution in [1.29, 1.82) is 0 Å². The van der Waals surface area contributed by atoms with Gasteiger partial charge in [-0.2, -0.15) is 0 Å². The summed E-state index contributed by atoms with van der Waals surface area (Å²) in [5.41, 5.74) is 6.31. The van der Waals surface area contributed by atoms with E-state index in [9.17, 15) is 4.39 Å². The molecule has 0 bridgehead atoms. The monoisotopic (exact) mass is 224 g/mol. The molecule has 0 aliphatic carbocycles. The number of hydrogen-bond acceptors (Lipinski definition) is 4. The molecule has 0 spiro atoms. The average molecular weight is 224 g/mol. The van der Waals surface area contributed by atoms with Crippen LogP contribution in [0.3, 0.4) is 0 Å². The normalized spacial score (nSPS) is 10.3. The Hall–Kier alpha value is -1.62. The molecule has 1 heterocycles. The Morgan fingerprint density at radius 1 is 1.47 bits per heavy atom. The molecule has 1 aromatic heterocycles. The van der Waals surface area contributed by atoms with Crippen LogP contribution in [-0.4, -0.2) is 12.1 Å². The van der Waals surface area contributed by atoms with Crippen LogP contribution in [0.15, 0.2) is 23.6 Å². The SMILES string of the molecule is COc1cc(-c2nc(N)cs2)ccc1F. The van der Waals surface area contributed by atoms with Gasteiger partial charge in [-0.25, -0.2) is 9.37 Å². The molecule has 5 heteroatoms. The van der Waals surface area contributed by atoms with Crippen LogP contribution in [0.4, 0.5) is 10.2 Å². The highest BCUT2D eigenvalue weighted by molar-refractivity contribution is 7.13. The molecule has 0 aliphatic rings. The molecule has 0 saturated carbocycles. The minimum Gasteiger partial charge on any atom is -0.494 e. The topological polar surface area (TPSA) is 48.1 Å². The summed E-state index contributed by atoms with van der Waals surface area (Å²) in [6.45, 7) is 0. The molecule has 1 aromatic carbocycles. The second kappa shape index (κ2) is 3.86. The van der Waals surface area contributed by atoms with Gasteiger partial charge in [0, 0.05) is 10.9 Å². The molecule has 0 saturated heterocycles. The van der Waals surface area contributed by atoms with Crippen LogP contribution in [0.5, 0.6) is 5.75 Å². The first kappa shape index (κ1) is 9.92. The molecule has 2 N–H and O–H groups in total. The number of ether oxygens (including phenoxy) is 1. The minimum atomic E-state index is -0.384. The molecule has 0 radical (unpaired) electrons. The summed E-state index contributed by atoms with van der Waals surface area (Å²) in [7, 11) is 1.43. The number of anilines is 1. The zero-order valence-electron chi connectivity index (χ0n) is 8.03. The minimum absolute atomic E-state index is 0.210. The van der Waals surface area contributed by atoms with Crippen LogP contribution in [0, 0.1) is 5.82 Å². The summed E-state index contributed by atoms with van der Waals surface area (Å²) < 4.78 is 18.0. The lowest BCUT2D eigenvalue weighted by atomic mass is 10.2. The van der Waals surface area contributed by atoms with Crippen LogP contribution in [0.25, 0.3) is 10.6 Å². The highest BCUT2D eigenvalue weighted by atomic mass is 32.1. The maximum Gasteiger partial charge on any atom is 0.165 e. The van der Waals surface area contributed by atoms with Crippen LogP contribution in [0.2, 0.25) is 0 Å². The third kappa shape index (κ3) is 1.92. The van der Waals surface area contributed by atoms with Crippen LogP contribution in [0.1, 0.15) is 0 Å². The standard InChI is InChI=1S/C10H9FN2OS/c1-14-8-4-6(2-3-7(8)11)10-13-9(12)5-15-10/h2-5H,12H2,1H3. The van der Waals surface area contributed by atoms with E-state index in [1.165, 1.54) is 24.5 Å². The number of rotatable bonds is 2. The Balaban J connectivity index is 2.45. The Kier molecular flexibility index (Phi) is 2.55. The smallest absolute Gasteiger partial charge is 0.165 e. The predicted molar refractivity (Wildman–Crippen MR) is 58.5 cm³/mol. The lowest BCUT2D eigenvalue weighted by Gasteiger charge is -2.03. The number of nitrogens with two attached hydrogens (primary N) is 1. The van der Waals surface area contributed by atoms with Gasteiger partial charge in [-0.3, -0.25) is 0 Å². The van der Waals surface area contributed by atoms with Crippen LogP contribution < -0.4 is 10.5 Å². The summed E-state index contributed by atoms with van der Waals surface area (Å²) in [5.74, 6) is 0.297. The fourth-order valence-corrected chi connectivity index (χ4v) is 1.92. The van der Waals surface area contributed by atoms with Crippen molar-refractivity contribution >= 4 is 17.2 Å². The van der Waals surface area contributed by atoms with Gasteiger partial charge < -0.3 is 10.5 Å². The summed E-state index contributed by atoms with van der Waals surface area (Å²) in [4.78, 5) is 4.10. The largest absolute Gasteiger partial charge is 0.494 e. The van der Waals surface area contributed by atoms with Crippen molar-refractivity contribution in [2.24, 2.45) is 0 Å². The number of nitrogens with zero attached hydrogens (tertiary/aromatic N) is 1. The lowest BCUT2D eigenvalue weighted by molar-refractivity contribution is 0.387. The summed E-state index contributed by atoms with van der Waals surface area (Å²) in [5, 5.41) is 2.50. The second-order valence-electron chi connectivity index (χ2n) is 2.93. The van der Waals surface area contributed by atoms with E-state index < -0.39 is 0 Å². The fourth-order valence-electron chi connectivity index (χ4n) is 1.21. The number of nitrogen functional groups attached to an aromatic ring is 1. The molecule has 3 nitrogen and oxygen atoms in total. The van der Waals surface area contributed by atoms with Gasteiger partial charge in [-0.05, 0) is 18.2 Å². The van der Waals surface area contributed by atoms with E-state index in [-0.39, 0.29) is 11.6 Å².